The summed E-state index contributed by atoms with van der Waals surface area (Å²) in [7, 11) is 1.93. The van der Waals surface area contributed by atoms with E-state index in [0.29, 0.717) is 6.54 Å². The van der Waals surface area contributed by atoms with Crippen molar-refractivity contribution in [3.05, 3.63) is 0 Å². The van der Waals surface area contributed by atoms with Crippen LogP contribution in [0.4, 0.5) is 0 Å². The third-order valence-corrected chi connectivity index (χ3v) is 1.14. The van der Waals surface area contributed by atoms with E-state index in [1.807, 2.05) is 24.8 Å². The maximum Gasteiger partial charge on any atom is 0.172 e. The molecule has 0 spiro atoms. The number of nitrogens with zero attached hydrogens (tertiary/aromatic N) is 1. The zero-order valence-electron chi connectivity index (χ0n) is 5.44. The highest BCUT2D eigenvalue weighted by atomic mass is 35.5. The van der Waals surface area contributed by atoms with Gasteiger partial charge in [-0.25, -0.2) is 4.58 Å². The Morgan fingerprint density at radius 3 is 2.11 bits per heavy atom. The Kier molecular flexibility index (Phi) is 9.05. The molecule has 0 fully saturated rings. The fraction of sp³-hybridized carbons (Fsp3) is 0.800. The van der Waals surface area contributed by atoms with Gasteiger partial charge in [-0.1, -0.05) is 23.2 Å². The molecule has 56 valence electrons. The molecule has 0 radical (unpaired) electrons. The van der Waals surface area contributed by atoms with Crippen LogP contribution in [0, 0.1) is 0 Å². The lowest BCUT2D eigenvalue weighted by Crippen LogP contribution is -3.00. The Bertz CT molecular complexity index is 90.2. The van der Waals surface area contributed by atoms with Crippen LogP contribution in [0.15, 0.2) is 0 Å². The first-order valence-electron chi connectivity index (χ1n) is 2.44. The van der Waals surface area contributed by atoms with Gasteiger partial charge in [0, 0.05) is 6.92 Å². The Balaban J connectivity index is 0. The van der Waals surface area contributed by atoms with Crippen molar-refractivity contribution in [1.29, 1.82) is 0 Å². The van der Waals surface area contributed by atoms with Crippen molar-refractivity contribution in [2.45, 2.75) is 11.8 Å². The molecule has 0 aliphatic carbocycles. The third kappa shape index (κ3) is 8.54. The average Bonchev–Trinajstić information content (AvgIpc) is 1.65. The van der Waals surface area contributed by atoms with Gasteiger partial charge in [0.1, 0.15) is 13.3 Å². The molecular weight excluding hydrogens is 180 g/mol. The van der Waals surface area contributed by atoms with E-state index in [4.69, 9.17) is 23.2 Å². The van der Waals surface area contributed by atoms with E-state index >= 15 is 0 Å². The molecule has 0 aromatic carbocycles. The lowest BCUT2D eigenvalue weighted by Gasteiger charge is -1.93. The molecule has 0 saturated carbocycles. The largest absolute Gasteiger partial charge is 1.00 e. The second-order valence-electron chi connectivity index (χ2n) is 1.59. The van der Waals surface area contributed by atoms with E-state index in [-0.39, 0.29) is 17.2 Å². The van der Waals surface area contributed by atoms with Crippen LogP contribution in [-0.2, 0) is 0 Å². The van der Waals surface area contributed by atoms with Crippen LogP contribution in [0.25, 0.3) is 0 Å². The number of rotatable bonds is 2. The maximum absolute atomic E-state index is 5.46. The van der Waals surface area contributed by atoms with E-state index in [0.717, 1.165) is 0 Å². The van der Waals surface area contributed by atoms with Gasteiger partial charge in [0.2, 0.25) is 0 Å². The van der Waals surface area contributed by atoms with Crippen LogP contribution in [0.2, 0.25) is 0 Å². The smallest absolute Gasteiger partial charge is 0.172 e. The molecule has 0 aromatic rings. The molecule has 0 heterocycles. The molecule has 0 rings (SSSR count). The van der Waals surface area contributed by atoms with Crippen LogP contribution < -0.4 is 12.4 Å². The monoisotopic (exact) mass is 189 g/mol. The van der Waals surface area contributed by atoms with Crippen LogP contribution in [0.1, 0.15) is 6.92 Å². The van der Waals surface area contributed by atoms with Crippen LogP contribution in [0.5, 0.6) is 0 Å². The standard InChI is InChI=1S/C5H10Cl2N.ClH/c1-3-8(2)4-5(6)7;/h3,5H,4H2,1-2H3;1H/q+1;/p-1. The lowest BCUT2D eigenvalue weighted by atomic mass is 10.7. The average molecular weight is 191 g/mol. The highest BCUT2D eigenvalue weighted by molar-refractivity contribution is 6.44. The van der Waals surface area contributed by atoms with Crippen molar-refractivity contribution in [3.63, 3.8) is 0 Å². The predicted octanol–water partition coefficient (Wildman–Crippen LogP) is -1.47. The summed E-state index contributed by atoms with van der Waals surface area (Å²) in [4.78, 5) is -0.281. The summed E-state index contributed by atoms with van der Waals surface area (Å²) in [6.45, 7) is 2.63. The molecule has 1 nitrogen and oxygen atoms in total. The molecule has 9 heavy (non-hydrogen) atoms. The molecule has 0 aliphatic rings. The SMILES string of the molecule is CC=[N+](C)CC(Cl)Cl.[Cl-]. The highest BCUT2D eigenvalue weighted by Crippen LogP contribution is 1.99. The Hall–Kier alpha value is 0.540. The van der Waals surface area contributed by atoms with E-state index in [2.05, 4.69) is 0 Å². The van der Waals surface area contributed by atoms with Crippen molar-refractivity contribution >= 4 is 29.4 Å². The molecule has 0 amide bonds. The van der Waals surface area contributed by atoms with Crippen molar-refractivity contribution < 1.29 is 17.0 Å². The molecule has 0 saturated heterocycles. The van der Waals surface area contributed by atoms with Gasteiger partial charge in [0.25, 0.3) is 0 Å². The van der Waals surface area contributed by atoms with Crippen molar-refractivity contribution in [3.8, 4) is 0 Å². The third-order valence-electron chi connectivity index (χ3n) is 0.867. The topological polar surface area (TPSA) is 3.01 Å². The predicted molar refractivity (Wildman–Crippen MR) is 38.3 cm³/mol. The second kappa shape index (κ2) is 6.66. The normalized spacial score (nSPS) is 11.4. The number of hydrogen-bond donors (Lipinski definition) is 0. The zero-order valence-corrected chi connectivity index (χ0v) is 7.71. The summed E-state index contributed by atoms with van der Waals surface area (Å²) in [5, 5.41) is 0. The van der Waals surface area contributed by atoms with Gasteiger partial charge in [-0.15, -0.1) is 0 Å². The lowest BCUT2D eigenvalue weighted by molar-refractivity contribution is -0.489. The first kappa shape index (κ1) is 12.2. The highest BCUT2D eigenvalue weighted by Gasteiger charge is 2.02. The molecule has 0 atom stereocenters. The van der Waals surface area contributed by atoms with E-state index < -0.39 is 0 Å². The van der Waals surface area contributed by atoms with Crippen LogP contribution >= 0.6 is 23.2 Å². The molecule has 0 aliphatic heterocycles. The molecule has 0 bridgehead atoms. The van der Waals surface area contributed by atoms with E-state index in [1.165, 1.54) is 0 Å². The summed E-state index contributed by atoms with van der Waals surface area (Å²) in [5.41, 5.74) is 0. The van der Waals surface area contributed by atoms with Gasteiger partial charge in [0.15, 0.2) is 11.4 Å². The number of hydrogen-bond acceptors (Lipinski definition) is 0. The summed E-state index contributed by atoms with van der Waals surface area (Å²) < 4.78 is 1.94. The fourth-order valence-electron chi connectivity index (χ4n) is 0.323. The van der Waals surface area contributed by atoms with Gasteiger partial charge in [0.05, 0.1) is 0 Å². The first-order valence-corrected chi connectivity index (χ1v) is 3.32. The van der Waals surface area contributed by atoms with Crippen molar-refractivity contribution in [2.24, 2.45) is 0 Å². The number of halogens is 3. The number of alkyl halides is 2. The Morgan fingerprint density at radius 1 is 1.56 bits per heavy atom. The minimum Gasteiger partial charge on any atom is -1.00 e. The minimum absolute atomic E-state index is 0. The van der Waals surface area contributed by atoms with Gasteiger partial charge < -0.3 is 12.4 Å². The van der Waals surface area contributed by atoms with E-state index in [9.17, 15) is 0 Å². The summed E-state index contributed by atoms with van der Waals surface area (Å²) in [6, 6.07) is 0. The van der Waals surface area contributed by atoms with Crippen LogP contribution in [0.3, 0.4) is 0 Å². The first-order chi connectivity index (χ1) is 3.66. The summed E-state index contributed by atoms with van der Waals surface area (Å²) >= 11 is 10.9. The minimum atomic E-state index is -0.281. The molecular formula is C5H10Cl3N. The maximum atomic E-state index is 5.46. The second-order valence-corrected chi connectivity index (χ2v) is 2.87. The Morgan fingerprint density at radius 2 is 2.00 bits per heavy atom. The van der Waals surface area contributed by atoms with Crippen LogP contribution in [-0.4, -0.2) is 29.2 Å². The molecule has 0 aromatic heterocycles. The van der Waals surface area contributed by atoms with Gasteiger partial charge in [-0.2, -0.15) is 0 Å². The van der Waals surface area contributed by atoms with E-state index in [1.54, 1.807) is 0 Å². The molecule has 0 N–H and O–H groups in total. The van der Waals surface area contributed by atoms with Gasteiger partial charge in [-0.05, 0) is 0 Å². The molecule has 0 unspecified atom stereocenters. The van der Waals surface area contributed by atoms with Crippen molar-refractivity contribution in [1.82, 2.24) is 0 Å². The fourth-order valence-corrected chi connectivity index (χ4v) is 0.758. The van der Waals surface area contributed by atoms with Gasteiger partial charge >= 0.3 is 0 Å². The zero-order chi connectivity index (χ0) is 6.57. The summed E-state index contributed by atoms with van der Waals surface area (Å²) in [6.07, 6.45) is 1.93. The molecule has 4 heteroatoms. The summed E-state index contributed by atoms with van der Waals surface area (Å²) in [5.74, 6) is 0. The quantitative estimate of drug-likeness (QED) is 0.284. The van der Waals surface area contributed by atoms with Gasteiger partial charge in [-0.3, -0.25) is 0 Å². The van der Waals surface area contributed by atoms with Crippen molar-refractivity contribution in [2.75, 3.05) is 13.6 Å². The Labute approximate surface area is 72.1 Å².